The van der Waals surface area contributed by atoms with Crippen molar-refractivity contribution in [3.8, 4) is 0 Å². The fourth-order valence-electron chi connectivity index (χ4n) is 2.52. The molecule has 1 heterocycles. The molecule has 24 heavy (non-hydrogen) atoms. The lowest BCUT2D eigenvalue weighted by atomic mass is 10.1. The molecule has 2 N–H and O–H groups in total. The summed E-state index contributed by atoms with van der Waals surface area (Å²) in [6.07, 6.45) is 0.276. The lowest BCUT2D eigenvalue weighted by Crippen LogP contribution is -2.35. The summed E-state index contributed by atoms with van der Waals surface area (Å²) in [4.78, 5) is 47.9. The predicted molar refractivity (Wildman–Crippen MR) is 88.6 cm³/mol. The minimum absolute atomic E-state index is 0.112. The van der Waals surface area contributed by atoms with Gasteiger partial charge in [-0.1, -0.05) is 15.9 Å². The fraction of sp³-hybridized carbons (Fsp3) is 0.375. The van der Waals surface area contributed by atoms with Gasteiger partial charge in [0.1, 0.15) is 0 Å². The van der Waals surface area contributed by atoms with E-state index >= 15 is 0 Å². The summed E-state index contributed by atoms with van der Waals surface area (Å²) in [6, 6.07) is 4.44. The number of hydrogen-bond donors (Lipinski definition) is 2. The molecule has 128 valence electrons. The van der Waals surface area contributed by atoms with Gasteiger partial charge in [-0.05, 0) is 31.5 Å². The molecule has 0 fully saturated rings. The number of hydrogen-bond acceptors (Lipinski definition) is 4. The Kier molecular flexibility index (Phi) is 5.71. The zero-order valence-corrected chi connectivity index (χ0v) is 14.6. The lowest BCUT2D eigenvalue weighted by molar-refractivity contribution is -0.137. The highest BCUT2D eigenvalue weighted by atomic mass is 79.9. The normalized spacial score (nSPS) is 14.5. The minimum atomic E-state index is -0.986. The Morgan fingerprint density at radius 1 is 1.25 bits per heavy atom. The molecule has 0 saturated carbocycles. The first kappa shape index (κ1) is 18.1. The average Bonchev–Trinajstić information content (AvgIpc) is 2.70. The Morgan fingerprint density at radius 3 is 2.58 bits per heavy atom. The van der Waals surface area contributed by atoms with Crippen LogP contribution in [0.25, 0.3) is 0 Å². The number of carbonyl (C=O) groups excluding carboxylic acids is 3. The summed E-state index contributed by atoms with van der Waals surface area (Å²) >= 11 is 3.27. The van der Waals surface area contributed by atoms with Crippen LogP contribution in [0, 0.1) is 0 Å². The van der Waals surface area contributed by atoms with Crippen LogP contribution in [0.3, 0.4) is 0 Å². The van der Waals surface area contributed by atoms with Crippen molar-refractivity contribution in [2.45, 2.75) is 32.2 Å². The van der Waals surface area contributed by atoms with Crippen molar-refractivity contribution in [1.82, 2.24) is 10.2 Å². The van der Waals surface area contributed by atoms with Crippen molar-refractivity contribution in [3.05, 3.63) is 33.8 Å². The molecule has 0 spiro atoms. The molecule has 0 aliphatic carbocycles. The molecule has 1 unspecified atom stereocenters. The molecule has 1 aliphatic heterocycles. The maximum absolute atomic E-state index is 12.3. The summed E-state index contributed by atoms with van der Waals surface area (Å²) in [6.45, 7) is 1.75. The number of nitrogens with zero attached hydrogens (tertiary/aromatic N) is 1. The molecule has 7 nitrogen and oxygen atoms in total. The van der Waals surface area contributed by atoms with Crippen LogP contribution < -0.4 is 5.32 Å². The predicted octanol–water partition coefficient (Wildman–Crippen LogP) is 1.80. The molecular weight excluding hydrogens is 380 g/mol. The first-order valence-electron chi connectivity index (χ1n) is 7.46. The number of fused-ring (bicyclic) bond motifs is 1. The van der Waals surface area contributed by atoms with Crippen LogP contribution in [0.4, 0.5) is 0 Å². The van der Waals surface area contributed by atoms with Gasteiger partial charge in [-0.3, -0.25) is 24.1 Å². The van der Waals surface area contributed by atoms with E-state index in [1.807, 2.05) is 0 Å². The summed E-state index contributed by atoms with van der Waals surface area (Å²) < 4.78 is 0.719. The maximum Gasteiger partial charge on any atom is 0.305 e. The van der Waals surface area contributed by atoms with E-state index in [4.69, 9.17) is 5.11 Å². The average molecular weight is 397 g/mol. The van der Waals surface area contributed by atoms with E-state index in [1.54, 1.807) is 25.1 Å². The van der Waals surface area contributed by atoms with Crippen molar-refractivity contribution in [2.24, 2.45) is 0 Å². The van der Waals surface area contributed by atoms with Crippen molar-refractivity contribution >= 4 is 39.6 Å². The van der Waals surface area contributed by atoms with E-state index in [0.717, 1.165) is 9.37 Å². The Labute approximate surface area is 147 Å². The molecule has 1 aliphatic rings. The number of amides is 3. The van der Waals surface area contributed by atoms with Crippen LogP contribution >= 0.6 is 15.9 Å². The number of carboxylic acids is 1. The first-order chi connectivity index (χ1) is 11.3. The minimum Gasteiger partial charge on any atom is -0.481 e. The smallest absolute Gasteiger partial charge is 0.305 e. The highest BCUT2D eigenvalue weighted by Crippen LogP contribution is 2.26. The molecule has 1 aromatic rings. The summed E-state index contributed by atoms with van der Waals surface area (Å²) in [7, 11) is 0. The SMILES string of the molecule is CC(CC(=O)O)NC(=O)CCCN1C(=O)c2ccc(Br)cc2C1=O. The third-order valence-corrected chi connectivity index (χ3v) is 4.10. The van der Waals surface area contributed by atoms with Gasteiger partial charge in [-0.15, -0.1) is 0 Å². The van der Waals surface area contributed by atoms with E-state index in [1.165, 1.54) is 0 Å². The van der Waals surface area contributed by atoms with Crippen LogP contribution in [0.5, 0.6) is 0 Å². The zero-order chi connectivity index (χ0) is 17.9. The second kappa shape index (κ2) is 7.57. The standard InChI is InChI=1S/C16H17BrN2O5/c1-9(7-14(21)22)18-13(20)3-2-6-19-15(23)11-5-4-10(17)8-12(11)16(19)24/h4-5,8-9H,2-3,6-7H2,1H3,(H,18,20)(H,21,22). The molecule has 1 atom stereocenters. The largest absolute Gasteiger partial charge is 0.481 e. The molecule has 0 bridgehead atoms. The first-order valence-corrected chi connectivity index (χ1v) is 8.25. The van der Waals surface area contributed by atoms with Gasteiger partial charge in [0.05, 0.1) is 17.5 Å². The van der Waals surface area contributed by atoms with Gasteiger partial charge >= 0.3 is 5.97 Å². The van der Waals surface area contributed by atoms with E-state index in [-0.39, 0.29) is 37.1 Å². The van der Waals surface area contributed by atoms with Crippen molar-refractivity contribution in [1.29, 1.82) is 0 Å². The Balaban J connectivity index is 1.85. The van der Waals surface area contributed by atoms with E-state index in [9.17, 15) is 19.2 Å². The van der Waals surface area contributed by atoms with Crippen LogP contribution in [-0.2, 0) is 9.59 Å². The fourth-order valence-corrected chi connectivity index (χ4v) is 2.88. The van der Waals surface area contributed by atoms with Gasteiger partial charge in [0, 0.05) is 23.5 Å². The van der Waals surface area contributed by atoms with Gasteiger partial charge in [-0.2, -0.15) is 0 Å². The zero-order valence-electron chi connectivity index (χ0n) is 13.0. The summed E-state index contributed by atoms with van der Waals surface area (Å²) in [5.41, 5.74) is 0.719. The Morgan fingerprint density at radius 2 is 1.92 bits per heavy atom. The molecule has 1 aromatic carbocycles. The van der Waals surface area contributed by atoms with E-state index in [0.29, 0.717) is 17.5 Å². The third-order valence-electron chi connectivity index (χ3n) is 3.61. The van der Waals surface area contributed by atoms with E-state index < -0.39 is 12.0 Å². The number of nitrogens with one attached hydrogen (secondary N) is 1. The second-order valence-corrected chi connectivity index (χ2v) is 6.54. The molecule has 0 radical (unpaired) electrons. The molecular formula is C16H17BrN2O5. The van der Waals surface area contributed by atoms with Gasteiger partial charge in [0.25, 0.3) is 11.8 Å². The van der Waals surface area contributed by atoms with E-state index in [2.05, 4.69) is 21.2 Å². The molecule has 3 amide bonds. The molecule has 2 rings (SSSR count). The van der Waals surface area contributed by atoms with Gasteiger partial charge in [0.15, 0.2) is 0 Å². The summed E-state index contributed by atoms with van der Waals surface area (Å²) in [5.74, 6) is -2.01. The number of imide groups is 1. The second-order valence-electron chi connectivity index (χ2n) is 5.62. The van der Waals surface area contributed by atoms with Gasteiger partial charge in [-0.25, -0.2) is 0 Å². The van der Waals surface area contributed by atoms with Gasteiger partial charge < -0.3 is 10.4 Å². The van der Waals surface area contributed by atoms with Crippen LogP contribution in [0.15, 0.2) is 22.7 Å². The van der Waals surface area contributed by atoms with Crippen LogP contribution in [0.2, 0.25) is 0 Å². The molecule has 8 heteroatoms. The molecule has 0 aromatic heterocycles. The lowest BCUT2D eigenvalue weighted by Gasteiger charge is -2.14. The monoisotopic (exact) mass is 396 g/mol. The number of rotatable bonds is 7. The van der Waals surface area contributed by atoms with Gasteiger partial charge in [0.2, 0.25) is 5.91 Å². The summed E-state index contributed by atoms with van der Waals surface area (Å²) in [5, 5.41) is 11.2. The number of halogens is 1. The number of benzene rings is 1. The number of aliphatic carboxylic acids is 1. The quantitative estimate of drug-likeness (QED) is 0.683. The molecule has 0 saturated heterocycles. The number of carbonyl (C=O) groups is 4. The topological polar surface area (TPSA) is 104 Å². The Bertz CT molecular complexity index is 704. The maximum atomic E-state index is 12.3. The van der Waals surface area contributed by atoms with Crippen molar-refractivity contribution < 1.29 is 24.3 Å². The van der Waals surface area contributed by atoms with Crippen molar-refractivity contribution in [2.75, 3.05) is 6.54 Å². The third kappa shape index (κ3) is 4.19. The highest BCUT2D eigenvalue weighted by Gasteiger charge is 2.35. The van der Waals surface area contributed by atoms with Crippen LogP contribution in [-0.4, -0.2) is 46.3 Å². The van der Waals surface area contributed by atoms with Crippen molar-refractivity contribution in [3.63, 3.8) is 0 Å². The number of carboxylic acid groups (broad SMARTS) is 1. The highest BCUT2D eigenvalue weighted by molar-refractivity contribution is 9.10. The Hall–Kier alpha value is -2.22. The van der Waals surface area contributed by atoms with Crippen LogP contribution in [0.1, 0.15) is 46.9 Å².